The van der Waals surface area contributed by atoms with Gasteiger partial charge in [-0.25, -0.2) is 0 Å². The minimum Gasteiger partial charge on any atom is -0.497 e. The lowest BCUT2D eigenvalue weighted by Gasteiger charge is -2.08. The van der Waals surface area contributed by atoms with Crippen molar-refractivity contribution in [1.29, 1.82) is 0 Å². The highest BCUT2D eigenvalue weighted by molar-refractivity contribution is 5.82. The highest BCUT2D eigenvalue weighted by Gasteiger charge is 2.08. The Hall–Kier alpha value is -1.48. The zero-order chi connectivity index (χ0) is 12.3. The Balaban J connectivity index is 2.47. The maximum absolute atomic E-state index is 9.39. The monoisotopic (exact) mass is 233 g/mol. The second-order valence-electron chi connectivity index (χ2n) is 4.22. The summed E-state index contributed by atoms with van der Waals surface area (Å²) in [6.45, 7) is 3.22. The van der Waals surface area contributed by atoms with E-state index in [0.717, 1.165) is 36.2 Å². The molecule has 0 radical (unpaired) electrons. The first-order chi connectivity index (χ1) is 8.30. The van der Waals surface area contributed by atoms with Crippen LogP contribution in [0, 0.1) is 0 Å². The zero-order valence-corrected chi connectivity index (χ0v) is 10.4. The van der Waals surface area contributed by atoms with Crippen molar-refractivity contribution in [2.75, 3.05) is 7.11 Å². The molecular weight excluding hydrogens is 214 g/mol. The van der Waals surface area contributed by atoms with E-state index < -0.39 is 0 Å². The summed E-state index contributed by atoms with van der Waals surface area (Å²) in [5.41, 5.74) is 2.14. The summed E-state index contributed by atoms with van der Waals surface area (Å²) in [5, 5.41) is 10.5. The molecule has 0 spiro atoms. The number of benzene rings is 1. The van der Waals surface area contributed by atoms with Gasteiger partial charge in [0.05, 0.1) is 13.7 Å². The van der Waals surface area contributed by atoms with Crippen LogP contribution in [-0.2, 0) is 13.2 Å². The molecular formula is C14H19NO2. The summed E-state index contributed by atoms with van der Waals surface area (Å²) in [5.74, 6) is 0.856. The van der Waals surface area contributed by atoms with Crippen LogP contribution in [0.1, 0.15) is 25.5 Å². The molecule has 0 aliphatic heterocycles. The first-order valence-corrected chi connectivity index (χ1v) is 6.07. The predicted octanol–water partition coefficient (Wildman–Crippen LogP) is 2.94. The predicted molar refractivity (Wildman–Crippen MR) is 69.3 cm³/mol. The molecule has 1 aromatic heterocycles. The van der Waals surface area contributed by atoms with E-state index in [2.05, 4.69) is 17.6 Å². The second-order valence-corrected chi connectivity index (χ2v) is 4.22. The quantitative estimate of drug-likeness (QED) is 0.861. The summed E-state index contributed by atoms with van der Waals surface area (Å²) < 4.78 is 7.41. The summed E-state index contributed by atoms with van der Waals surface area (Å²) in [7, 11) is 1.67. The number of rotatable bonds is 5. The number of hydrogen-bond acceptors (Lipinski definition) is 2. The largest absolute Gasteiger partial charge is 0.497 e. The molecule has 2 aromatic rings. The van der Waals surface area contributed by atoms with Crippen molar-refractivity contribution in [3.8, 4) is 5.75 Å². The molecule has 3 nitrogen and oxygen atoms in total. The smallest absolute Gasteiger partial charge is 0.119 e. The van der Waals surface area contributed by atoms with Gasteiger partial charge in [0.2, 0.25) is 0 Å². The van der Waals surface area contributed by atoms with Crippen LogP contribution in [0.4, 0.5) is 0 Å². The van der Waals surface area contributed by atoms with E-state index in [1.165, 1.54) is 5.52 Å². The van der Waals surface area contributed by atoms with E-state index in [9.17, 15) is 5.11 Å². The van der Waals surface area contributed by atoms with Gasteiger partial charge in [0.25, 0.3) is 0 Å². The molecule has 0 aliphatic rings. The molecule has 1 heterocycles. The second kappa shape index (κ2) is 5.23. The van der Waals surface area contributed by atoms with Gasteiger partial charge in [0, 0.05) is 23.1 Å². The lowest BCUT2D eigenvalue weighted by atomic mass is 10.2. The van der Waals surface area contributed by atoms with Crippen molar-refractivity contribution >= 4 is 10.9 Å². The van der Waals surface area contributed by atoms with Gasteiger partial charge >= 0.3 is 0 Å². The molecule has 2 rings (SSSR count). The zero-order valence-electron chi connectivity index (χ0n) is 10.4. The van der Waals surface area contributed by atoms with Gasteiger partial charge in [-0.3, -0.25) is 0 Å². The molecule has 0 atom stereocenters. The van der Waals surface area contributed by atoms with E-state index in [1.54, 1.807) is 7.11 Å². The van der Waals surface area contributed by atoms with Crippen LogP contribution >= 0.6 is 0 Å². The van der Waals surface area contributed by atoms with Crippen LogP contribution in [0.15, 0.2) is 24.3 Å². The van der Waals surface area contributed by atoms with Crippen molar-refractivity contribution in [3.63, 3.8) is 0 Å². The van der Waals surface area contributed by atoms with Gasteiger partial charge in [-0.05, 0) is 30.7 Å². The number of ether oxygens (including phenoxy) is 1. The number of unbranched alkanes of at least 4 members (excludes halogenated alkanes) is 1. The van der Waals surface area contributed by atoms with E-state index in [0.29, 0.717) is 0 Å². The molecule has 92 valence electrons. The van der Waals surface area contributed by atoms with Gasteiger partial charge in [-0.2, -0.15) is 0 Å². The van der Waals surface area contributed by atoms with Gasteiger partial charge in [0.1, 0.15) is 5.75 Å². The minimum atomic E-state index is 0.0840. The summed E-state index contributed by atoms with van der Waals surface area (Å²) in [6, 6.07) is 8.07. The molecule has 0 amide bonds. The normalized spacial score (nSPS) is 11.0. The van der Waals surface area contributed by atoms with E-state index in [4.69, 9.17) is 4.74 Å². The fourth-order valence-electron chi connectivity index (χ4n) is 2.14. The van der Waals surface area contributed by atoms with Crippen molar-refractivity contribution < 1.29 is 9.84 Å². The average Bonchev–Trinajstić information content (AvgIpc) is 2.72. The van der Waals surface area contributed by atoms with Crippen LogP contribution in [0.3, 0.4) is 0 Å². The number of nitrogens with zero attached hydrogens (tertiary/aromatic N) is 1. The van der Waals surface area contributed by atoms with Crippen molar-refractivity contribution in [1.82, 2.24) is 4.57 Å². The molecule has 0 aliphatic carbocycles. The molecule has 1 aromatic carbocycles. The fraction of sp³-hybridized carbons (Fsp3) is 0.429. The summed E-state index contributed by atoms with van der Waals surface area (Å²) >= 11 is 0. The number of hydrogen-bond donors (Lipinski definition) is 1. The van der Waals surface area contributed by atoms with Crippen LogP contribution in [0.25, 0.3) is 10.9 Å². The van der Waals surface area contributed by atoms with Crippen LogP contribution in [0.5, 0.6) is 5.75 Å². The molecule has 0 bridgehead atoms. The molecule has 1 N–H and O–H groups in total. The van der Waals surface area contributed by atoms with Gasteiger partial charge in [0.15, 0.2) is 0 Å². The average molecular weight is 233 g/mol. The van der Waals surface area contributed by atoms with E-state index in [1.807, 2.05) is 18.2 Å². The third-order valence-corrected chi connectivity index (χ3v) is 3.09. The lowest BCUT2D eigenvalue weighted by molar-refractivity contribution is 0.271. The van der Waals surface area contributed by atoms with Crippen LogP contribution in [-0.4, -0.2) is 16.8 Å². The highest BCUT2D eigenvalue weighted by atomic mass is 16.5. The molecule has 3 heteroatoms. The minimum absolute atomic E-state index is 0.0840. The van der Waals surface area contributed by atoms with E-state index >= 15 is 0 Å². The summed E-state index contributed by atoms with van der Waals surface area (Å²) in [4.78, 5) is 0. The Bertz CT molecular complexity index is 502. The number of aromatic nitrogens is 1. The van der Waals surface area contributed by atoms with Gasteiger partial charge < -0.3 is 14.4 Å². The highest BCUT2D eigenvalue weighted by Crippen LogP contribution is 2.25. The third-order valence-electron chi connectivity index (χ3n) is 3.09. The van der Waals surface area contributed by atoms with Crippen molar-refractivity contribution in [2.45, 2.75) is 32.9 Å². The molecule has 0 unspecified atom stereocenters. The van der Waals surface area contributed by atoms with Gasteiger partial charge in [-0.1, -0.05) is 13.3 Å². The van der Waals surface area contributed by atoms with E-state index in [-0.39, 0.29) is 6.61 Å². The molecule has 0 fully saturated rings. The molecule has 0 saturated carbocycles. The lowest BCUT2D eigenvalue weighted by Crippen LogP contribution is -2.02. The van der Waals surface area contributed by atoms with Crippen molar-refractivity contribution in [3.05, 3.63) is 30.0 Å². The van der Waals surface area contributed by atoms with Crippen molar-refractivity contribution in [2.24, 2.45) is 0 Å². The Morgan fingerprint density at radius 2 is 2.12 bits per heavy atom. The maximum Gasteiger partial charge on any atom is 0.119 e. The SMILES string of the molecule is CCCCn1c(CO)cc2cc(OC)ccc21. The van der Waals surface area contributed by atoms with Gasteiger partial charge in [-0.15, -0.1) is 0 Å². The number of aliphatic hydroxyl groups is 1. The standard InChI is InChI=1S/C14H19NO2/c1-3-4-7-15-12(10-16)8-11-9-13(17-2)5-6-14(11)15/h5-6,8-9,16H,3-4,7,10H2,1-2H3. The Kier molecular flexibility index (Phi) is 3.69. The summed E-state index contributed by atoms with van der Waals surface area (Å²) in [6.07, 6.45) is 2.28. The fourth-order valence-corrected chi connectivity index (χ4v) is 2.14. The molecule has 0 saturated heterocycles. The Morgan fingerprint density at radius 3 is 2.76 bits per heavy atom. The first-order valence-electron chi connectivity index (χ1n) is 6.07. The maximum atomic E-state index is 9.39. The van der Waals surface area contributed by atoms with Crippen LogP contribution < -0.4 is 4.74 Å². The third kappa shape index (κ3) is 2.29. The number of fused-ring (bicyclic) bond motifs is 1. The Morgan fingerprint density at radius 1 is 1.29 bits per heavy atom. The molecule has 17 heavy (non-hydrogen) atoms. The Labute approximate surface area is 102 Å². The van der Waals surface area contributed by atoms with Crippen LogP contribution in [0.2, 0.25) is 0 Å². The first kappa shape index (κ1) is 12.0. The number of aryl methyl sites for hydroxylation is 1. The number of methoxy groups -OCH3 is 1. The topological polar surface area (TPSA) is 34.4 Å². The number of aliphatic hydroxyl groups excluding tert-OH is 1.